The van der Waals surface area contributed by atoms with Gasteiger partial charge in [-0.15, -0.1) is 0 Å². The van der Waals surface area contributed by atoms with Gasteiger partial charge in [-0.05, 0) is 31.0 Å². The lowest BCUT2D eigenvalue weighted by molar-refractivity contribution is -0.116. The standard InChI is InChI=1S/C18H23N3O4S/c1-25-17(23)11-5-4-6-12(9-11)19-15(22)8-3-2-7-14-16-13(10-26-14)20-18(24)21-16/h4-6,9,13-14,16H,2-3,7-8,10H2,1H3,(H,19,22)(H2,20,21,24). The van der Waals surface area contributed by atoms with Crippen LogP contribution >= 0.6 is 11.8 Å². The zero-order chi connectivity index (χ0) is 18.5. The van der Waals surface area contributed by atoms with Crippen molar-refractivity contribution < 1.29 is 19.1 Å². The third kappa shape index (κ3) is 4.49. The number of nitrogens with one attached hydrogen (secondary N) is 3. The molecule has 0 aliphatic carbocycles. The van der Waals surface area contributed by atoms with Crippen LogP contribution in [0.15, 0.2) is 24.3 Å². The number of ether oxygens (including phenoxy) is 1. The van der Waals surface area contributed by atoms with Crippen LogP contribution in [0.1, 0.15) is 36.0 Å². The summed E-state index contributed by atoms with van der Waals surface area (Å²) in [5.74, 6) is 0.451. The number of carbonyl (C=O) groups excluding carboxylic acids is 3. The van der Waals surface area contributed by atoms with Crippen LogP contribution in [0.2, 0.25) is 0 Å². The molecule has 2 heterocycles. The topological polar surface area (TPSA) is 96.5 Å². The third-order valence-electron chi connectivity index (χ3n) is 4.65. The molecule has 2 aliphatic heterocycles. The van der Waals surface area contributed by atoms with Gasteiger partial charge in [-0.2, -0.15) is 11.8 Å². The molecule has 2 fully saturated rings. The lowest BCUT2D eigenvalue weighted by Crippen LogP contribution is -2.36. The number of esters is 1. The van der Waals surface area contributed by atoms with Crippen LogP contribution in [-0.4, -0.2) is 48.1 Å². The maximum absolute atomic E-state index is 12.1. The zero-order valence-electron chi connectivity index (χ0n) is 14.6. The van der Waals surface area contributed by atoms with E-state index in [4.69, 9.17) is 0 Å². The zero-order valence-corrected chi connectivity index (χ0v) is 15.4. The Kier molecular flexibility index (Phi) is 6.03. The number of benzene rings is 1. The summed E-state index contributed by atoms with van der Waals surface area (Å²) in [5, 5.41) is 9.14. The van der Waals surface area contributed by atoms with Gasteiger partial charge in [0.25, 0.3) is 0 Å². The second kappa shape index (κ2) is 8.44. The molecule has 0 spiro atoms. The van der Waals surface area contributed by atoms with Crippen LogP contribution in [0.5, 0.6) is 0 Å². The summed E-state index contributed by atoms with van der Waals surface area (Å²) >= 11 is 1.88. The molecule has 0 saturated carbocycles. The molecule has 7 nitrogen and oxygen atoms in total. The van der Waals surface area contributed by atoms with Crippen molar-refractivity contribution >= 4 is 35.4 Å². The van der Waals surface area contributed by atoms with Gasteiger partial charge in [-0.25, -0.2) is 9.59 Å². The van der Waals surface area contributed by atoms with Crippen LogP contribution in [0.3, 0.4) is 0 Å². The van der Waals surface area contributed by atoms with E-state index in [1.54, 1.807) is 24.3 Å². The van der Waals surface area contributed by atoms with Gasteiger partial charge in [-0.1, -0.05) is 12.5 Å². The first kappa shape index (κ1) is 18.6. The summed E-state index contributed by atoms with van der Waals surface area (Å²) in [6.07, 6.45) is 3.14. The smallest absolute Gasteiger partial charge is 0.337 e. The van der Waals surface area contributed by atoms with E-state index in [-0.39, 0.29) is 24.0 Å². The summed E-state index contributed by atoms with van der Waals surface area (Å²) in [6.45, 7) is 0. The normalized spacial score (nSPS) is 23.7. The number of thioether (sulfide) groups is 1. The largest absolute Gasteiger partial charge is 0.465 e. The molecule has 2 saturated heterocycles. The molecule has 0 radical (unpaired) electrons. The maximum atomic E-state index is 12.1. The second-order valence-corrected chi connectivity index (χ2v) is 7.76. The Morgan fingerprint density at radius 3 is 2.96 bits per heavy atom. The molecule has 2 aliphatic rings. The van der Waals surface area contributed by atoms with E-state index in [1.165, 1.54) is 7.11 Å². The van der Waals surface area contributed by atoms with Crippen molar-refractivity contribution in [1.29, 1.82) is 0 Å². The molecule has 0 bridgehead atoms. The number of urea groups is 1. The summed E-state index contributed by atoms with van der Waals surface area (Å²) in [7, 11) is 1.32. The molecular formula is C18H23N3O4S. The van der Waals surface area contributed by atoms with Crippen molar-refractivity contribution in [3.63, 3.8) is 0 Å². The van der Waals surface area contributed by atoms with E-state index in [2.05, 4.69) is 20.7 Å². The van der Waals surface area contributed by atoms with Crippen LogP contribution in [-0.2, 0) is 9.53 Å². The fourth-order valence-corrected chi connectivity index (χ4v) is 4.88. The average molecular weight is 377 g/mol. The Bertz CT molecular complexity index is 697. The molecule has 1 aromatic carbocycles. The molecule has 3 amide bonds. The van der Waals surface area contributed by atoms with E-state index >= 15 is 0 Å². The van der Waals surface area contributed by atoms with Crippen molar-refractivity contribution in [1.82, 2.24) is 10.6 Å². The fraction of sp³-hybridized carbons (Fsp3) is 0.500. The molecule has 8 heteroatoms. The highest BCUT2D eigenvalue weighted by Gasteiger charge is 2.42. The van der Waals surface area contributed by atoms with Crippen LogP contribution in [0.4, 0.5) is 10.5 Å². The Labute approximate surface area is 156 Å². The van der Waals surface area contributed by atoms with Gasteiger partial charge in [-0.3, -0.25) is 4.79 Å². The summed E-state index contributed by atoms with van der Waals surface area (Å²) in [5.41, 5.74) is 0.997. The Morgan fingerprint density at radius 2 is 2.15 bits per heavy atom. The number of unbranched alkanes of at least 4 members (excludes halogenated alkanes) is 1. The monoisotopic (exact) mass is 377 g/mol. The first-order valence-corrected chi connectivity index (χ1v) is 9.78. The van der Waals surface area contributed by atoms with E-state index in [0.717, 1.165) is 25.0 Å². The number of anilines is 1. The predicted octanol–water partition coefficient (Wildman–Crippen LogP) is 2.14. The van der Waals surface area contributed by atoms with Gasteiger partial charge in [0, 0.05) is 23.1 Å². The number of methoxy groups -OCH3 is 1. The molecule has 3 rings (SSSR count). The Morgan fingerprint density at radius 1 is 1.31 bits per heavy atom. The summed E-state index contributed by atoms with van der Waals surface area (Å²) < 4.78 is 4.68. The number of hydrogen-bond acceptors (Lipinski definition) is 5. The van der Waals surface area contributed by atoms with E-state index in [1.807, 2.05) is 11.8 Å². The van der Waals surface area contributed by atoms with Gasteiger partial charge < -0.3 is 20.7 Å². The van der Waals surface area contributed by atoms with Gasteiger partial charge in [0.1, 0.15) is 0 Å². The maximum Gasteiger partial charge on any atom is 0.337 e. The molecule has 0 aromatic heterocycles. The van der Waals surface area contributed by atoms with Crippen LogP contribution in [0, 0.1) is 0 Å². The quantitative estimate of drug-likeness (QED) is 0.384. The van der Waals surface area contributed by atoms with Gasteiger partial charge in [0.2, 0.25) is 5.91 Å². The Balaban J connectivity index is 1.38. The van der Waals surface area contributed by atoms with Gasteiger partial charge in [0.05, 0.1) is 24.8 Å². The number of amides is 3. The van der Waals surface area contributed by atoms with Crippen LogP contribution in [0.25, 0.3) is 0 Å². The van der Waals surface area contributed by atoms with Gasteiger partial charge >= 0.3 is 12.0 Å². The number of fused-ring (bicyclic) bond motifs is 1. The molecule has 3 atom stereocenters. The van der Waals surface area contributed by atoms with Gasteiger partial charge in [0.15, 0.2) is 0 Å². The van der Waals surface area contributed by atoms with Crippen molar-refractivity contribution in [3.8, 4) is 0 Å². The highest BCUT2D eigenvalue weighted by molar-refractivity contribution is 8.00. The van der Waals surface area contributed by atoms with Crippen molar-refractivity contribution in [2.24, 2.45) is 0 Å². The highest BCUT2D eigenvalue weighted by Crippen LogP contribution is 2.33. The number of rotatable bonds is 7. The fourth-order valence-electron chi connectivity index (χ4n) is 3.34. The van der Waals surface area contributed by atoms with Crippen molar-refractivity contribution in [2.45, 2.75) is 43.0 Å². The lowest BCUT2D eigenvalue weighted by Gasteiger charge is -2.16. The van der Waals surface area contributed by atoms with E-state index in [9.17, 15) is 14.4 Å². The van der Waals surface area contributed by atoms with E-state index in [0.29, 0.717) is 22.9 Å². The van der Waals surface area contributed by atoms with Crippen molar-refractivity contribution in [3.05, 3.63) is 29.8 Å². The number of carbonyl (C=O) groups is 3. The summed E-state index contributed by atoms with van der Waals surface area (Å²) in [6, 6.07) is 7.08. The van der Waals surface area contributed by atoms with E-state index < -0.39 is 5.97 Å². The second-order valence-electron chi connectivity index (χ2n) is 6.49. The first-order chi connectivity index (χ1) is 12.6. The minimum atomic E-state index is -0.429. The molecule has 1 aromatic rings. The first-order valence-electron chi connectivity index (χ1n) is 8.73. The molecular weight excluding hydrogens is 354 g/mol. The highest BCUT2D eigenvalue weighted by atomic mass is 32.2. The molecule has 140 valence electrons. The lowest BCUT2D eigenvalue weighted by atomic mass is 10.0. The molecule has 26 heavy (non-hydrogen) atoms. The molecule has 3 N–H and O–H groups in total. The SMILES string of the molecule is COC(=O)c1cccc(NC(=O)CCCCC2SCC3NC(=O)NC32)c1. The minimum Gasteiger partial charge on any atom is -0.465 e. The Hall–Kier alpha value is -2.22. The number of hydrogen-bond donors (Lipinski definition) is 3. The predicted molar refractivity (Wildman–Crippen MR) is 100 cm³/mol. The van der Waals surface area contributed by atoms with Crippen molar-refractivity contribution in [2.75, 3.05) is 18.2 Å². The van der Waals surface area contributed by atoms with Crippen LogP contribution < -0.4 is 16.0 Å². The molecule has 3 unspecified atom stereocenters. The summed E-state index contributed by atoms with van der Waals surface area (Å²) in [4.78, 5) is 35.0. The third-order valence-corrected chi connectivity index (χ3v) is 6.16. The average Bonchev–Trinajstić information content (AvgIpc) is 3.17. The minimum absolute atomic E-state index is 0.0696.